The Balaban J connectivity index is 2.29. The fourth-order valence-corrected chi connectivity index (χ4v) is 3.67. The van der Waals surface area contributed by atoms with Crippen molar-refractivity contribution in [1.82, 2.24) is 9.88 Å². The zero-order valence-corrected chi connectivity index (χ0v) is 11.7. The van der Waals surface area contributed by atoms with Gasteiger partial charge in [0.05, 0.1) is 0 Å². The first-order chi connectivity index (χ1) is 8.49. The van der Waals surface area contributed by atoms with Gasteiger partial charge in [-0.15, -0.1) is 0 Å². The molecule has 0 radical (unpaired) electrons. The third-order valence-corrected chi connectivity index (χ3v) is 4.32. The second-order valence-electron chi connectivity index (χ2n) is 4.83. The van der Waals surface area contributed by atoms with Crippen molar-refractivity contribution < 1.29 is 4.79 Å². The van der Waals surface area contributed by atoms with Gasteiger partial charge in [-0.25, -0.2) is 0 Å². The van der Waals surface area contributed by atoms with E-state index in [0.29, 0.717) is 23.6 Å². The first-order valence-electron chi connectivity index (χ1n) is 6.12. The van der Waals surface area contributed by atoms with Crippen molar-refractivity contribution in [3.63, 3.8) is 0 Å². The van der Waals surface area contributed by atoms with Crippen LogP contribution in [0.3, 0.4) is 0 Å². The molecule has 5 heteroatoms. The van der Waals surface area contributed by atoms with Crippen LogP contribution in [0.2, 0.25) is 0 Å². The fraction of sp³-hybridized carbons (Fsp3) is 0.538. The van der Waals surface area contributed by atoms with Crippen LogP contribution in [0.25, 0.3) is 0 Å². The SMILES string of the molecule is Cc1cc[nH]c(=O)c1C(=O)N1C[C@@H](C)S[C@H](C)C1. The minimum atomic E-state index is -0.293. The van der Waals surface area contributed by atoms with Crippen LogP contribution in [-0.4, -0.2) is 39.4 Å². The molecule has 4 nitrogen and oxygen atoms in total. The Morgan fingerprint density at radius 1 is 1.39 bits per heavy atom. The van der Waals surface area contributed by atoms with Crippen molar-refractivity contribution in [3.8, 4) is 0 Å². The van der Waals surface area contributed by atoms with Crippen molar-refractivity contribution >= 4 is 17.7 Å². The normalized spacial score (nSPS) is 24.1. The molecule has 2 atom stereocenters. The maximum Gasteiger partial charge on any atom is 0.261 e. The number of rotatable bonds is 1. The van der Waals surface area contributed by atoms with Gasteiger partial charge < -0.3 is 9.88 Å². The molecule has 0 aliphatic carbocycles. The molecule has 0 unspecified atom stereocenters. The minimum absolute atomic E-state index is 0.145. The van der Waals surface area contributed by atoms with E-state index in [4.69, 9.17) is 0 Å². The Morgan fingerprint density at radius 2 is 2.00 bits per heavy atom. The van der Waals surface area contributed by atoms with Gasteiger partial charge in [-0.05, 0) is 18.6 Å². The smallest absolute Gasteiger partial charge is 0.261 e. The number of nitrogens with one attached hydrogen (secondary N) is 1. The third kappa shape index (κ3) is 2.61. The molecule has 1 aromatic rings. The zero-order valence-electron chi connectivity index (χ0n) is 10.9. The summed E-state index contributed by atoms with van der Waals surface area (Å²) in [6.07, 6.45) is 1.58. The number of aromatic amines is 1. The van der Waals surface area contributed by atoms with Crippen LogP contribution in [0.1, 0.15) is 29.8 Å². The second kappa shape index (κ2) is 5.18. The standard InChI is InChI=1S/C13H18N2O2S/c1-8-4-5-14-12(16)11(8)13(17)15-6-9(2)18-10(3)7-15/h4-5,9-10H,6-7H2,1-3H3,(H,14,16)/t9-,10-/m1/s1. The Morgan fingerprint density at radius 3 is 2.56 bits per heavy atom. The van der Waals surface area contributed by atoms with E-state index in [1.54, 1.807) is 24.1 Å². The number of aryl methyl sites for hydroxylation is 1. The Kier molecular flexibility index (Phi) is 3.80. The number of aromatic nitrogens is 1. The molecule has 0 saturated carbocycles. The number of amides is 1. The number of thioether (sulfide) groups is 1. The van der Waals surface area contributed by atoms with Gasteiger partial charge in [0.15, 0.2) is 0 Å². The number of H-pyrrole nitrogens is 1. The number of carbonyl (C=O) groups excluding carboxylic acids is 1. The lowest BCUT2D eigenvalue weighted by atomic mass is 10.1. The van der Waals surface area contributed by atoms with E-state index in [9.17, 15) is 9.59 Å². The Labute approximate surface area is 111 Å². The summed E-state index contributed by atoms with van der Waals surface area (Å²) in [5.74, 6) is -0.145. The van der Waals surface area contributed by atoms with Crippen molar-refractivity contribution in [2.75, 3.05) is 13.1 Å². The molecule has 1 aromatic heterocycles. The van der Waals surface area contributed by atoms with Crippen LogP contribution in [0, 0.1) is 6.92 Å². The van der Waals surface area contributed by atoms with Crippen molar-refractivity contribution in [1.29, 1.82) is 0 Å². The second-order valence-corrected chi connectivity index (χ2v) is 6.71. The monoisotopic (exact) mass is 266 g/mol. The van der Waals surface area contributed by atoms with Gasteiger partial charge in [-0.3, -0.25) is 9.59 Å². The van der Waals surface area contributed by atoms with E-state index in [1.165, 1.54) is 0 Å². The molecule has 0 spiro atoms. The van der Waals surface area contributed by atoms with Gasteiger partial charge in [0.1, 0.15) is 5.56 Å². The van der Waals surface area contributed by atoms with Gasteiger partial charge in [0.25, 0.3) is 11.5 Å². The predicted octanol–water partition coefficient (Wildman–Crippen LogP) is 1.65. The topological polar surface area (TPSA) is 53.2 Å². The first-order valence-corrected chi connectivity index (χ1v) is 7.06. The van der Waals surface area contributed by atoms with Crippen molar-refractivity contribution in [2.24, 2.45) is 0 Å². The van der Waals surface area contributed by atoms with E-state index in [2.05, 4.69) is 18.8 Å². The summed E-state index contributed by atoms with van der Waals surface area (Å²) in [7, 11) is 0. The average molecular weight is 266 g/mol. The molecule has 1 amide bonds. The summed E-state index contributed by atoms with van der Waals surface area (Å²) in [4.78, 5) is 28.6. The van der Waals surface area contributed by atoms with Gasteiger partial charge in [-0.1, -0.05) is 13.8 Å². The van der Waals surface area contributed by atoms with E-state index >= 15 is 0 Å². The maximum atomic E-state index is 12.4. The summed E-state index contributed by atoms with van der Waals surface area (Å²) in [6, 6.07) is 1.76. The first kappa shape index (κ1) is 13.2. The largest absolute Gasteiger partial charge is 0.336 e. The fourth-order valence-electron chi connectivity index (χ4n) is 2.34. The molecule has 0 bridgehead atoms. The number of hydrogen-bond acceptors (Lipinski definition) is 3. The van der Waals surface area contributed by atoms with E-state index < -0.39 is 0 Å². The highest BCUT2D eigenvalue weighted by atomic mass is 32.2. The summed E-state index contributed by atoms with van der Waals surface area (Å²) in [6.45, 7) is 7.45. The molecule has 2 rings (SSSR count). The number of carbonyl (C=O) groups is 1. The van der Waals surface area contributed by atoms with Crippen LogP contribution >= 0.6 is 11.8 Å². The maximum absolute atomic E-state index is 12.4. The molecule has 98 valence electrons. The molecule has 0 aromatic carbocycles. The Hall–Kier alpha value is -1.23. The molecule has 1 fully saturated rings. The van der Waals surface area contributed by atoms with Crippen LogP contribution < -0.4 is 5.56 Å². The average Bonchev–Trinajstić information content (AvgIpc) is 2.27. The third-order valence-electron chi connectivity index (χ3n) is 3.09. The molecule has 18 heavy (non-hydrogen) atoms. The highest BCUT2D eigenvalue weighted by Crippen LogP contribution is 2.25. The highest BCUT2D eigenvalue weighted by molar-refractivity contribution is 8.00. The zero-order chi connectivity index (χ0) is 13.3. The van der Waals surface area contributed by atoms with E-state index in [0.717, 1.165) is 5.56 Å². The summed E-state index contributed by atoms with van der Waals surface area (Å²) in [5.41, 5.74) is 0.726. The lowest BCUT2D eigenvalue weighted by Gasteiger charge is -2.34. The van der Waals surface area contributed by atoms with Crippen LogP contribution in [0.5, 0.6) is 0 Å². The van der Waals surface area contributed by atoms with Crippen LogP contribution in [0.15, 0.2) is 17.1 Å². The Bertz CT molecular complexity index is 502. The van der Waals surface area contributed by atoms with Crippen LogP contribution in [0.4, 0.5) is 0 Å². The van der Waals surface area contributed by atoms with E-state index in [1.807, 2.05) is 11.8 Å². The number of nitrogens with zero attached hydrogens (tertiary/aromatic N) is 1. The summed E-state index contributed by atoms with van der Waals surface area (Å²) in [5, 5.41) is 0.835. The predicted molar refractivity (Wildman–Crippen MR) is 74.2 cm³/mol. The number of hydrogen-bond donors (Lipinski definition) is 1. The molecule has 2 heterocycles. The molecule has 1 aliphatic heterocycles. The molecule has 1 aliphatic rings. The quantitative estimate of drug-likeness (QED) is 0.841. The lowest BCUT2D eigenvalue weighted by Crippen LogP contribution is -2.45. The van der Waals surface area contributed by atoms with Gasteiger partial charge >= 0.3 is 0 Å². The van der Waals surface area contributed by atoms with Crippen molar-refractivity contribution in [3.05, 3.63) is 33.7 Å². The molecule has 1 saturated heterocycles. The highest BCUT2D eigenvalue weighted by Gasteiger charge is 2.28. The van der Waals surface area contributed by atoms with Gasteiger partial charge in [0, 0.05) is 29.8 Å². The van der Waals surface area contributed by atoms with E-state index in [-0.39, 0.29) is 17.0 Å². The minimum Gasteiger partial charge on any atom is -0.336 e. The van der Waals surface area contributed by atoms with Gasteiger partial charge in [0.2, 0.25) is 0 Å². The summed E-state index contributed by atoms with van der Waals surface area (Å²) < 4.78 is 0. The van der Waals surface area contributed by atoms with Crippen molar-refractivity contribution in [2.45, 2.75) is 31.3 Å². The molecular formula is C13H18N2O2S. The van der Waals surface area contributed by atoms with Crippen LogP contribution in [-0.2, 0) is 0 Å². The number of pyridine rings is 1. The molecular weight excluding hydrogens is 248 g/mol. The summed E-state index contributed by atoms with van der Waals surface area (Å²) >= 11 is 1.89. The van der Waals surface area contributed by atoms with Gasteiger partial charge in [-0.2, -0.15) is 11.8 Å². The molecule has 1 N–H and O–H groups in total. The lowest BCUT2D eigenvalue weighted by molar-refractivity contribution is 0.0750.